The molecule has 4 rings (SSSR count). The summed E-state index contributed by atoms with van der Waals surface area (Å²) in [5.74, 6) is -0.634. The maximum absolute atomic E-state index is 13.4. The number of benzene rings is 3. The zero-order chi connectivity index (χ0) is 24.6. The third kappa shape index (κ3) is 4.43. The van der Waals surface area contributed by atoms with E-state index in [0.717, 1.165) is 11.1 Å². The predicted octanol–water partition coefficient (Wildman–Crippen LogP) is 6.31. The highest BCUT2D eigenvalue weighted by atomic mass is 35.5. The third-order valence-corrected chi connectivity index (χ3v) is 5.83. The van der Waals surface area contributed by atoms with Crippen molar-refractivity contribution in [2.45, 2.75) is 26.3 Å². The minimum atomic E-state index is -0.712. The first kappa shape index (κ1) is 23.2. The first-order valence-electron chi connectivity index (χ1n) is 10.5. The van der Waals surface area contributed by atoms with Crippen molar-refractivity contribution in [1.82, 2.24) is 0 Å². The molecule has 8 heteroatoms. The van der Waals surface area contributed by atoms with Gasteiger partial charge in [0.25, 0.3) is 11.6 Å². The molecule has 0 bridgehead atoms. The molecule has 1 aliphatic rings. The molecule has 34 heavy (non-hydrogen) atoms. The number of hydrogen-bond acceptors (Lipinski definition) is 5. The number of carbonyl (C=O) groups is 2. The van der Waals surface area contributed by atoms with Crippen molar-refractivity contribution < 1.29 is 19.2 Å². The van der Waals surface area contributed by atoms with Crippen LogP contribution in [0, 0.1) is 10.1 Å². The van der Waals surface area contributed by atoms with E-state index in [4.69, 9.17) is 16.3 Å². The molecule has 0 saturated carbocycles. The van der Waals surface area contributed by atoms with Gasteiger partial charge in [-0.05, 0) is 74.9 Å². The van der Waals surface area contributed by atoms with Gasteiger partial charge in [0.15, 0.2) is 0 Å². The molecule has 0 fully saturated rings. The van der Waals surface area contributed by atoms with Crippen LogP contribution in [0.1, 0.15) is 47.1 Å². The van der Waals surface area contributed by atoms with E-state index in [-0.39, 0.29) is 22.9 Å². The molecule has 3 aromatic rings. The Labute approximate surface area is 201 Å². The lowest BCUT2D eigenvalue weighted by Crippen LogP contribution is -2.49. The van der Waals surface area contributed by atoms with Crippen molar-refractivity contribution >= 4 is 40.4 Å². The number of rotatable bonds is 4. The number of allylic oxidation sites excluding steroid dienone is 1. The van der Waals surface area contributed by atoms with Crippen LogP contribution in [-0.4, -0.2) is 22.3 Å². The van der Waals surface area contributed by atoms with E-state index in [1.165, 1.54) is 24.3 Å². The fourth-order valence-corrected chi connectivity index (χ4v) is 4.20. The van der Waals surface area contributed by atoms with E-state index in [9.17, 15) is 19.7 Å². The number of non-ortho nitro benzene ring substituents is 1. The van der Waals surface area contributed by atoms with Gasteiger partial charge in [-0.1, -0.05) is 23.7 Å². The molecular weight excluding hydrogens is 456 g/mol. The molecule has 0 aliphatic carbocycles. The molecule has 0 atom stereocenters. The van der Waals surface area contributed by atoms with E-state index >= 15 is 0 Å². The monoisotopic (exact) mass is 476 g/mol. The van der Waals surface area contributed by atoms with Crippen LogP contribution >= 0.6 is 11.6 Å². The lowest BCUT2D eigenvalue weighted by molar-refractivity contribution is -0.384. The average Bonchev–Trinajstić information content (AvgIpc) is 2.79. The van der Waals surface area contributed by atoms with E-state index in [2.05, 4.69) is 0 Å². The molecule has 7 nitrogen and oxygen atoms in total. The summed E-state index contributed by atoms with van der Waals surface area (Å²) in [5, 5.41) is 11.5. The van der Waals surface area contributed by atoms with Crippen LogP contribution in [0.4, 0.5) is 11.4 Å². The number of halogens is 1. The number of anilines is 1. The summed E-state index contributed by atoms with van der Waals surface area (Å²) < 4.78 is 5.49. The zero-order valence-corrected chi connectivity index (χ0v) is 19.5. The second kappa shape index (κ2) is 8.76. The maximum Gasteiger partial charge on any atom is 0.343 e. The summed E-state index contributed by atoms with van der Waals surface area (Å²) in [6.45, 7) is 5.82. The van der Waals surface area contributed by atoms with Crippen LogP contribution < -0.4 is 9.64 Å². The molecule has 0 N–H and O–H groups in total. The highest BCUT2D eigenvalue weighted by molar-refractivity contribution is 6.30. The summed E-state index contributed by atoms with van der Waals surface area (Å²) in [6.07, 6.45) is 1.98. The maximum atomic E-state index is 13.4. The molecule has 1 heterocycles. The summed E-state index contributed by atoms with van der Waals surface area (Å²) in [6, 6.07) is 17.1. The molecule has 0 spiro atoms. The number of esters is 1. The van der Waals surface area contributed by atoms with Gasteiger partial charge in [-0.2, -0.15) is 0 Å². The molecular formula is C26H21ClN2O5. The quantitative estimate of drug-likeness (QED) is 0.190. The minimum absolute atomic E-state index is 0.0693. The molecule has 3 aromatic carbocycles. The Balaban J connectivity index is 1.67. The van der Waals surface area contributed by atoms with Crippen molar-refractivity contribution in [1.29, 1.82) is 0 Å². The Bertz CT molecular complexity index is 1350. The molecule has 1 amide bonds. The minimum Gasteiger partial charge on any atom is -0.423 e. The normalized spacial score (nSPS) is 14.1. The van der Waals surface area contributed by atoms with Crippen molar-refractivity contribution in [2.24, 2.45) is 0 Å². The molecule has 0 saturated heterocycles. The number of amides is 1. The number of nitro groups is 1. The second-order valence-electron chi connectivity index (χ2n) is 8.50. The summed E-state index contributed by atoms with van der Waals surface area (Å²) in [4.78, 5) is 38.2. The lowest BCUT2D eigenvalue weighted by Gasteiger charge is -2.41. The first-order chi connectivity index (χ1) is 16.1. The molecule has 0 unspecified atom stereocenters. The molecule has 0 radical (unpaired) electrons. The van der Waals surface area contributed by atoms with Gasteiger partial charge in [0, 0.05) is 28.3 Å². The van der Waals surface area contributed by atoms with Crippen LogP contribution in [-0.2, 0) is 0 Å². The standard InChI is InChI=1S/C26H21ClN2O5/c1-16-15-26(2,3)28(24(30)17-7-9-19(27)10-8-17)23-12-11-21(14-22(16)23)34-25(31)18-5-4-6-20(13-18)29(32)33/h4-15H,1-3H3. The van der Waals surface area contributed by atoms with Crippen molar-refractivity contribution in [3.8, 4) is 5.75 Å². The SMILES string of the molecule is CC1=CC(C)(C)N(C(=O)c2ccc(Cl)cc2)c2ccc(OC(=O)c3cccc([N+](=O)[O-])c3)cc21. The van der Waals surface area contributed by atoms with Gasteiger partial charge < -0.3 is 4.74 Å². The van der Waals surface area contributed by atoms with E-state index in [1.54, 1.807) is 47.4 Å². The van der Waals surface area contributed by atoms with Gasteiger partial charge in [0.1, 0.15) is 5.75 Å². The molecule has 0 aromatic heterocycles. The van der Waals surface area contributed by atoms with Gasteiger partial charge in [0.2, 0.25) is 0 Å². The Morgan fingerprint density at radius 2 is 1.71 bits per heavy atom. The van der Waals surface area contributed by atoms with Gasteiger partial charge in [-0.25, -0.2) is 4.79 Å². The van der Waals surface area contributed by atoms with Crippen LogP contribution in [0.5, 0.6) is 5.75 Å². The third-order valence-electron chi connectivity index (χ3n) is 5.58. The van der Waals surface area contributed by atoms with Crippen molar-refractivity contribution in [3.05, 3.63) is 105 Å². The molecule has 172 valence electrons. The van der Waals surface area contributed by atoms with Gasteiger partial charge in [0.05, 0.1) is 21.7 Å². The number of nitrogens with zero attached hydrogens (tertiary/aromatic N) is 2. The predicted molar refractivity (Wildman–Crippen MR) is 130 cm³/mol. The number of hydrogen-bond donors (Lipinski definition) is 0. The molecule has 1 aliphatic heterocycles. The number of nitro benzene ring substituents is 1. The fourth-order valence-electron chi connectivity index (χ4n) is 4.08. The van der Waals surface area contributed by atoms with Gasteiger partial charge in [-0.15, -0.1) is 0 Å². The van der Waals surface area contributed by atoms with Gasteiger partial charge >= 0.3 is 5.97 Å². The summed E-state index contributed by atoms with van der Waals surface area (Å²) in [5.41, 5.74) is 2.11. The smallest absolute Gasteiger partial charge is 0.343 e. The largest absolute Gasteiger partial charge is 0.423 e. The van der Waals surface area contributed by atoms with Gasteiger partial charge in [-0.3, -0.25) is 19.8 Å². The van der Waals surface area contributed by atoms with E-state index < -0.39 is 16.4 Å². The van der Waals surface area contributed by atoms with E-state index in [1.807, 2.05) is 26.8 Å². The Morgan fingerprint density at radius 3 is 2.38 bits per heavy atom. The van der Waals surface area contributed by atoms with Crippen LogP contribution in [0.2, 0.25) is 5.02 Å². The highest BCUT2D eigenvalue weighted by Crippen LogP contribution is 2.41. The van der Waals surface area contributed by atoms with E-state index in [0.29, 0.717) is 16.3 Å². The number of ether oxygens (including phenoxy) is 1. The summed E-state index contributed by atoms with van der Waals surface area (Å²) in [7, 11) is 0. The number of fused-ring (bicyclic) bond motifs is 1. The van der Waals surface area contributed by atoms with Crippen LogP contribution in [0.25, 0.3) is 5.57 Å². The van der Waals surface area contributed by atoms with Crippen molar-refractivity contribution in [2.75, 3.05) is 4.90 Å². The topological polar surface area (TPSA) is 89.8 Å². The highest BCUT2D eigenvalue weighted by Gasteiger charge is 2.36. The summed E-state index contributed by atoms with van der Waals surface area (Å²) >= 11 is 5.98. The Morgan fingerprint density at radius 1 is 1.00 bits per heavy atom. The van der Waals surface area contributed by atoms with Crippen LogP contribution in [0.3, 0.4) is 0 Å². The fraction of sp³-hybridized carbons (Fsp3) is 0.154. The van der Waals surface area contributed by atoms with Crippen LogP contribution in [0.15, 0.2) is 72.8 Å². The first-order valence-corrected chi connectivity index (χ1v) is 10.9. The Hall–Kier alpha value is -3.97. The average molecular weight is 477 g/mol. The second-order valence-corrected chi connectivity index (χ2v) is 8.94. The zero-order valence-electron chi connectivity index (χ0n) is 18.7. The lowest BCUT2D eigenvalue weighted by atomic mass is 9.88. The Kier molecular flexibility index (Phi) is 5.98. The van der Waals surface area contributed by atoms with Crippen molar-refractivity contribution in [3.63, 3.8) is 0 Å². The number of carbonyl (C=O) groups excluding carboxylic acids is 2.